The maximum Gasteiger partial charge on any atom is 0.277 e. The van der Waals surface area contributed by atoms with E-state index in [9.17, 15) is 13.6 Å². The maximum atomic E-state index is 12.8. The molecule has 0 aliphatic heterocycles. The third-order valence-corrected chi connectivity index (χ3v) is 2.08. The van der Waals surface area contributed by atoms with Crippen LogP contribution in [0.4, 0.5) is 8.78 Å². The molecule has 0 unspecified atom stereocenters. The topological polar surface area (TPSA) is 78.9 Å². The SMILES string of the molecule is Cl.N#Cc1ccc(C(=O)NCC(F)(F)CN)cc1. The van der Waals surface area contributed by atoms with Crippen molar-refractivity contribution in [3.05, 3.63) is 35.4 Å². The largest absolute Gasteiger partial charge is 0.346 e. The van der Waals surface area contributed by atoms with Gasteiger partial charge < -0.3 is 11.1 Å². The van der Waals surface area contributed by atoms with Crippen molar-refractivity contribution >= 4 is 18.3 Å². The van der Waals surface area contributed by atoms with Gasteiger partial charge in [-0.15, -0.1) is 12.4 Å². The molecule has 1 aromatic carbocycles. The summed E-state index contributed by atoms with van der Waals surface area (Å²) in [7, 11) is 0. The van der Waals surface area contributed by atoms with Crippen LogP contribution < -0.4 is 11.1 Å². The molecule has 7 heteroatoms. The summed E-state index contributed by atoms with van der Waals surface area (Å²) in [6.07, 6.45) is 0. The van der Waals surface area contributed by atoms with Gasteiger partial charge in [0.25, 0.3) is 11.8 Å². The second-order valence-corrected chi connectivity index (χ2v) is 3.43. The van der Waals surface area contributed by atoms with Crippen LogP contribution in [0.15, 0.2) is 24.3 Å². The first-order valence-corrected chi connectivity index (χ1v) is 4.85. The van der Waals surface area contributed by atoms with E-state index < -0.39 is 24.9 Å². The standard InChI is InChI=1S/C11H11F2N3O.ClH/c12-11(13,6-15)7-16-10(17)9-3-1-8(5-14)2-4-9;/h1-4H,6-7,15H2,(H,16,17);1H. The van der Waals surface area contributed by atoms with Crippen molar-refractivity contribution in [3.8, 4) is 6.07 Å². The average molecular weight is 276 g/mol. The van der Waals surface area contributed by atoms with Gasteiger partial charge in [0.05, 0.1) is 24.7 Å². The van der Waals surface area contributed by atoms with Gasteiger partial charge in [0.2, 0.25) is 0 Å². The number of halogens is 3. The molecule has 1 rings (SSSR count). The molecule has 0 aliphatic carbocycles. The molecule has 0 aliphatic rings. The van der Waals surface area contributed by atoms with E-state index in [0.29, 0.717) is 5.56 Å². The highest BCUT2D eigenvalue weighted by atomic mass is 35.5. The Hall–Kier alpha value is -1.71. The second-order valence-electron chi connectivity index (χ2n) is 3.43. The molecule has 0 bridgehead atoms. The molecule has 0 saturated carbocycles. The Bertz CT molecular complexity index is 443. The Morgan fingerprint density at radius 3 is 2.39 bits per heavy atom. The number of carbonyl (C=O) groups is 1. The van der Waals surface area contributed by atoms with Gasteiger partial charge in [-0.25, -0.2) is 8.78 Å². The lowest BCUT2D eigenvalue weighted by atomic mass is 10.1. The molecule has 1 aromatic rings. The van der Waals surface area contributed by atoms with Crippen molar-refractivity contribution in [1.29, 1.82) is 5.26 Å². The summed E-state index contributed by atoms with van der Waals surface area (Å²) in [6, 6.07) is 7.57. The first-order chi connectivity index (χ1) is 7.98. The summed E-state index contributed by atoms with van der Waals surface area (Å²) in [5.41, 5.74) is 5.45. The number of nitrogens with zero attached hydrogens (tertiary/aromatic N) is 1. The highest BCUT2D eigenvalue weighted by molar-refractivity contribution is 5.94. The highest BCUT2D eigenvalue weighted by Gasteiger charge is 2.27. The van der Waals surface area contributed by atoms with Gasteiger partial charge in [0, 0.05) is 5.56 Å². The number of nitrogens with two attached hydrogens (primary N) is 1. The number of alkyl halides is 2. The van der Waals surface area contributed by atoms with Gasteiger partial charge >= 0.3 is 0 Å². The number of hydrogen-bond acceptors (Lipinski definition) is 3. The van der Waals surface area contributed by atoms with Crippen LogP contribution in [0.25, 0.3) is 0 Å². The third kappa shape index (κ3) is 4.65. The van der Waals surface area contributed by atoms with Crippen molar-refractivity contribution in [1.82, 2.24) is 5.32 Å². The van der Waals surface area contributed by atoms with Crippen LogP contribution in [-0.2, 0) is 0 Å². The summed E-state index contributed by atoms with van der Waals surface area (Å²) >= 11 is 0. The van der Waals surface area contributed by atoms with Gasteiger partial charge in [-0.05, 0) is 24.3 Å². The number of nitrogens with one attached hydrogen (secondary N) is 1. The first-order valence-electron chi connectivity index (χ1n) is 4.85. The summed E-state index contributed by atoms with van der Waals surface area (Å²) in [5, 5.41) is 10.6. The minimum Gasteiger partial charge on any atom is -0.346 e. The maximum absolute atomic E-state index is 12.8. The van der Waals surface area contributed by atoms with E-state index >= 15 is 0 Å². The zero-order valence-electron chi connectivity index (χ0n) is 9.32. The van der Waals surface area contributed by atoms with E-state index in [1.54, 1.807) is 0 Å². The second kappa shape index (κ2) is 6.89. The minimum atomic E-state index is -3.11. The monoisotopic (exact) mass is 275 g/mol. The highest BCUT2D eigenvalue weighted by Crippen LogP contribution is 2.09. The Morgan fingerprint density at radius 2 is 1.94 bits per heavy atom. The van der Waals surface area contributed by atoms with Crippen molar-refractivity contribution in [3.63, 3.8) is 0 Å². The van der Waals surface area contributed by atoms with Crippen LogP contribution in [0, 0.1) is 11.3 Å². The lowest BCUT2D eigenvalue weighted by molar-refractivity contribution is 0.0118. The number of nitriles is 1. The quantitative estimate of drug-likeness (QED) is 0.869. The lowest BCUT2D eigenvalue weighted by Gasteiger charge is -2.14. The molecular weight excluding hydrogens is 264 g/mol. The predicted octanol–water partition coefficient (Wildman–Crippen LogP) is 1.30. The van der Waals surface area contributed by atoms with Crippen LogP contribution in [0.2, 0.25) is 0 Å². The lowest BCUT2D eigenvalue weighted by Crippen LogP contribution is -2.41. The molecule has 0 heterocycles. The summed E-state index contributed by atoms with van der Waals surface area (Å²) in [5.74, 6) is -3.73. The Labute approximate surface area is 109 Å². The van der Waals surface area contributed by atoms with E-state index in [1.165, 1.54) is 24.3 Å². The van der Waals surface area contributed by atoms with E-state index in [4.69, 9.17) is 11.0 Å². The number of benzene rings is 1. The van der Waals surface area contributed by atoms with Crippen LogP contribution >= 0.6 is 12.4 Å². The summed E-state index contributed by atoms with van der Waals surface area (Å²) in [6.45, 7) is -1.62. The Kier molecular flexibility index (Phi) is 6.23. The molecule has 0 aromatic heterocycles. The molecule has 0 saturated heterocycles. The van der Waals surface area contributed by atoms with Gasteiger partial charge in [-0.2, -0.15) is 5.26 Å². The molecular formula is C11H12ClF2N3O. The van der Waals surface area contributed by atoms with E-state index in [2.05, 4.69) is 5.32 Å². The molecule has 0 fully saturated rings. The zero-order chi connectivity index (χ0) is 12.9. The van der Waals surface area contributed by atoms with Crippen molar-refractivity contribution in [2.24, 2.45) is 5.73 Å². The fourth-order valence-corrected chi connectivity index (χ4v) is 1.08. The summed E-state index contributed by atoms with van der Waals surface area (Å²) < 4.78 is 25.5. The molecule has 0 atom stereocenters. The summed E-state index contributed by atoms with van der Waals surface area (Å²) in [4.78, 5) is 11.4. The molecule has 0 radical (unpaired) electrons. The molecule has 0 spiro atoms. The van der Waals surface area contributed by atoms with E-state index in [0.717, 1.165) is 0 Å². The predicted molar refractivity (Wildman–Crippen MR) is 64.7 cm³/mol. The van der Waals surface area contributed by atoms with Gasteiger partial charge in [-0.1, -0.05) is 0 Å². The smallest absolute Gasteiger partial charge is 0.277 e. The van der Waals surface area contributed by atoms with Crippen molar-refractivity contribution < 1.29 is 13.6 Å². The minimum absolute atomic E-state index is 0. The molecule has 18 heavy (non-hydrogen) atoms. The number of hydrogen-bond donors (Lipinski definition) is 2. The number of rotatable bonds is 4. The van der Waals surface area contributed by atoms with Crippen LogP contribution in [0.1, 0.15) is 15.9 Å². The number of carbonyl (C=O) groups excluding carboxylic acids is 1. The van der Waals surface area contributed by atoms with Crippen LogP contribution in [0.3, 0.4) is 0 Å². The van der Waals surface area contributed by atoms with Crippen LogP contribution in [0.5, 0.6) is 0 Å². The fraction of sp³-hybridized carbons (Fsp3) is 0.273. The average Bonchev–Trinajstić information content (AvgIpc) is 2.36. The Morgan fingerprint density at radius 1 is 1.39 bits per heavy atom. The Balaban J connectivity index is 0.00000289. The number of amides is 1. The van der Waals surface area contributed by atoms with Gasteiger partial charge in [0.1, 0.15) is 0 Å². The van der Waals surface area contributed by atoms with Crippen LogP contribution in [-0.4, -0.2) is 24.9 Å². The van der Waals surface area contributed by atoms with Crippen molar-refractivity contribution in [2.75, 3.05) is 13.1 Å². The third-order valence-electron chi connectivity index (χ3n) is 2.08. The molecule has 4 nitrogen and oxygen atoms in total. The molecule has 1 amide bonds. The van der Waals surface area contributed by atoms with E-state index in [1.807, 2.05) is 6.07 Å². The molecule has 98 valence electrons. The normalized spacial score (nSPS) is 10.1. The van der Waals surface area contributed by atoms with E-state index in [-0.39, 0.29) is 18.0 Å². The molecule has 3 N–H and O–H groups in total. The zero-order valence-corrected chi connectivity index (χ0v) is 10.1. The first kappa shape index (κ1) is 16.3. The van der Waals surface area contributed by atoms with Gasteiger partial charge in [0.15, 0.2) is 0 Å². The fourth-order valence-electron chi connectivity index (χ4n) is 1.08. The van der Waals surface area contributed by atoms with Gasteiger partial charge in [-0.3, -0.25) is 4.79 Å². The van der Waals surface area contributed by atoms with Crippen molar-refractivity contribution in [2.45, 2.75) is 5.92 Å².